The van der Waals surface area contributed by atoms with Crippen LogP contribution in [0.3, 0.4) is 0 Å². The number of aryl methyl sites for hydroxylation is 1. The molecule has 94 valence electrons. The SMILES string of the molecule is CCc1cc(NCc2ccc(CO)cc2)ncn1. The van der Waals surface area contributed by atoms with E-state index in [4.69, 9.17) is 5.11 Å². The molecule has 0 bridgehead atoms. The molecule has 0 radical (unpaired) electrons. The smallest absolute Gasteiger partial charge is 0.129 e. The Bertz CT molecular complexity index is 497. The van der Waals surface area contributed by atoms with E-state index in [0.29, 0.717) is 6.54 Å². The highest BCUT2D eigenvalue weighted by Crippen LogP contribution is 2.09. The first-order chi connectivity index (χ1) is 8.81. The number of rotatable bonds is 5. The minimum atomic E-state index is 0.0828. The number of aliphatic hydroxyl groups is 1. The summed E-state index contributed by atoms with van der Waals surface area (Å²) in [6.45, 7) is 2.87. The number of benzene rings is 1. The zero-order chi connectivity index (χ0) is 12.8. The summed E-state index contributed by atoms with van der Waals surface area (Å²) in [6.07, 6.45) is 2.48. The first-order valence-electron chi connectivity index (χ1n) is 6.05. The predicted molar refractivity (Wildman–Crippen MR) is 71.1 cm³/mol. The van der Waals surface area contributed by atoms with Crippen LogP contribution in [0.25, 0.3) is 0 Å². The van der Waals surface area contributed by atoms with Gasteiger partial charge in [0, 0.05) is 18.3 Å². The summed E-state index contributed by atoms with van der Waals surface area (Å²) in [5.74, 6) is 0.841. The lowest BCUT2D eigenvalue weighted by Crippen LogP contribution is -2.02. The van der Waals surface area contributed by atoms with Crippen molar-refractivity contribution >= 4 is 5.82 Å². The number of aromatic nitrogens is 2. The number of hydrogen-bond acceptors (Lipinski definition) is 4. The Kier molecular flexibility index (Phi) is 4.25. The molecule has 1 heterocycles. The summed E-state index contributed by atoms with van der Waals surface area (Å²) >= 11 is 0. The molecule has 4 nitrogen and oxygen atoms in total. The van der Waals surface area contributed by atoms with E-state index >= 15 is 0 Å². The zero-order valence-electron chi connectivity index (χ0n) is 10.4. The topological polar surface area (TPSA) is 58.0 Å². The van der Waals surface area contributed by atoms with Gasteiger partial charge in [0.2, 0.25) is 0 Å². The molecule has 0 saturated heterocycles. The normalized spacial score (nSPS) is 10.3. The molecule has 0 saturated carbocycles. The van der Waals surface area contributed by atoms with Crippen molar-refractivity contribution in [2.75, 3.05) is 5.32 Å². The van der Waals surface area contributed by atoms with Crippen LogP contribution in [0.1, 0.15) is 23.7 Å². The molecular weight excluding hydrogens is 226 g/mol. The quantitative estimate of drug-likeness (QED) is 0.844. The Hall–Kier alpha value is -1.94. The molecular formula is C14H17N3O. The summed E-state index contributed by atoms with van der Waals surface area (Å²) in [6, 6.07) is 9.81. The molecule has 0 aliphatic rings. The van der Waals surface area contributed by atoms with Crippen molar-refractivity contribution in [1.29, 1.82) is 0 Å². The van der Waals surface area contributed by atoms with Crippen molar-refractivity contribution < 1.29 is 5.11 Å². The summed E-state index contributed by atoms with van der Waals surface area (Å²) in [5.41, 5.74) is 3.11. The van der Waals surface area contributed by atoms with Crippen LogP contribution in [-0.4, -0.2) is 15.1 Å². The minimum absolute atomic E-state index is 0.0828. The van der Waals surface area contributed by atoms with Gasteiger partial charge in [0.25, 0.3) is 0 Å². The summed E-state index contributed by atoms with van der Waals surface area (Å²) in [4.78, 5) is 8.33. The van der Waals surface area contributed by atoms with Crippen LogP contribution in [0.15, 0.2) is 36.7 Å². The Morgan fingerprint density at radius 2 is 1.83 bits per heavy atom. The third-order valence-corrected chi connectivity index (χ3v) is 2.77. The first kappa shape index (κ1) is 12.5. The molecule has 2 rings (SSSR count). The molecule has 0 unspecified atom stereocenters. The second-order valence-electron chi connectivity index (χ2n) is 4.08. The van der Waals surface area contributed by atoms with Crippen molar-refractivity contribution in [3.05, 3.63) is 53.5 Å². The van der Waals surface area contributed by atoms with E-state index in [-0.39, 0.29) is 6.61 Å². The van der Waals surface area contributed by atoms with Crippen LogP contribution < -0.4 is 5.32 Å². The lowest BCUT2D eigenvalue weighted by Gasteiger charge is -2.07. The van der Waals surface area contributed by atoms with Gasteiger partial charge in [0.1, 0.15) is 12.1 Å². The maximum absolute atomic E-state index is 8.96. The Balaban J connectivity index is 1.97. The highest BCUT2D eigenvalue weighted by atomic mass is 16.3. The molecule has 2 N–H and O–H groups in total. The van der Waals surface area contributed by atoms with E-state index in [2.05, 4.69) is 22.2 Å². The zero-order valence-corrected chi connectivity index (χ0v) is 10.4. The third-order valence-electron chi connectivity index (χ3n) is 2.77. The van der Waals surface area contributed by atoms with E-state index < -0.39 is 0 Å². The van der Waals surface area contributed by atoms with E-state index in [1.807, 2.05) is 30.3 Å². The van der Waals surface area contributed by atoms with Gasteiger partial charge < -0.3 is 10.4 Å². The van der Waals surface area contributed by atoms with Crippen molar-refractivity contribution in [3.63, 3.8) is 0 Å². The van der Waals surface area contributed by atoms with Crippen molar-refractivity contribution in [1.82, 2.24) is 9.97 Å². The lowest BCUT2D eigenvalue weighted by atomic mass is 10.1. The Morgan fingerprint density at radius 3 is 2.50 bits per heavy atom. The predicted octanol–water partition coefficient (Wildman–Crippen LogP) is 2.14. The van der Waals surface area contributed by atoms with Crippen LogP contribution in [0.2, 0.25) is 0 Å². The fourth-order valence-corrected chi connectivity index (χ4v) is 1.64. The highest BCUT2D eigenvalue weighted by molar-refractivity contribution is 5.36. The van der Waals surface area contributed by atoms with Crippen LogP contribution in [-0.2, 0) is 19.6 Å². The van der Waals surface area contributed by atoms with Crippen LogP contribution in [0.5, 0.6) is 0 Å². The molecule has 4 heteroatoms. The average Bonchev–Trinajstić information content (AvgIpc) is 2.46. The van der Waals surface area contributed by atoms with Gasteiger partial charge in [0.05, 0.1) is 6.61 Å². The van der Waals surface area contributed by atoms with Gasteiger partial charge in [-0.15, -0.1) is 0 Å². The number of nitrogens with one attached hydrogen (secondary N) is 1. The van der Waals surface area contributed by atoms with Crippen LogP contribution in [0.4, 0.5) is 5.82 Å². The maximum atomic E-state index is 8.96. The van der Waals surface area contributed by atoms with E-state index in [9.17, 15) is 0 Å². The molecule has 0 amide bonds. The summed E-state index contributed by atoms with van der Waals surface area (Å²) in [5, 5.41) is 12.2. The second kappa shape index (κ2) is 6.12. The number of nitrogens with zero attached hydrogens (tertiary/aromatic N) is 2. The monoisotopic (exact) mass is 243 g/mol. The van der Waals surface area contributed by atoms with Crippen molar-refractivity contribution in [3.8, 4) is 0 Å². The number of hydrogen-bond donors (Lipinski definition) is 2. The van der Waals surface area contributed by atoms with Gasteiger partial charge in [-0.25, -0.2) is 9.97 Å². The third kappa shape index (κ3) is 3.28. The molecule has 1 aromatic carbocycles. The molecule has 0 aliphatic heterocycles. The van der Waals surface area contributed by atoms with Gasteiger partial charge >= 0.3 is 0 Å². The van der Waals surface area contributed by atoms with Gasteiger partial charge in [-0.05, 0) is 17.5 Å². The molecule has 18 heavy (non-hydrogen) atoms. The molecule has 2 aromatic rings. The van der Waals surface area contributed by atoms with E-state index in [0.717, 1.165) is 29.1 Å². The Labute approximate surface area is 107 Å². The van der Waals surface area contributed by atoms with Crippen LogP contribution in [0, 0.1) is 0 Å². The Morgan fingerprint density at radius 1 is 1.11 bits per heavy atom. The fraction of sp³-hybridized carbons (Fsp3) is 0.286. The van der Waals surface area contributed by atoms with Crippen molar-refractivity contribution in [2.45, 2.75) is 26.5 Å². The number of aliphatic hydroxyl groups excluding tert-OH is 1. The van der Waals surface area contributed by atoms with E-state index in [1.165, 1.54) is 0 Å². The van der Waals surface area contributed by atoms with E-state index in [1.54, 1.807) is 6.33 Å². The first-order valence-corrected chi connectivity index (χ1v) is 6.05. The molecule has 0 aliphatic carbocycles. The van der Waals surface area contributed by atoms with Gasteiger partial charge in [-0.1, -0.05) is 31.2 Å². The highest BCUT2D eigenvalue weighted by Gasteiger charge is 1.98. The molecule has 1 aromatic heterocycles. The van der Waals surface area contributed by atoms with Gasteiger partial charge in [-0.2, -0.15) is 0 Å². The summed E-state index contributed by atoms with van der Waals surface area (Å²) in [7, 11) is 0. The molecule has 0 fully saturated rings. The van der Waals surface area contributed by atoms with Crippen molar-refractivity contribution in [2.24, 2.45) is 0 Å². The minimum Gasteiger partial charge on any atom is -0.392 e. The maximum Gasteiger partial charge on any atom is 0.129 e. The largest absolute Gasteiger partial charge is 0.392 e. The molecule has 0 atom stereocenters. The standard InChI is InChI=1S/C14H17N3O/c1-2-13-7-14(17-10-16-13)15-8-11-3-5-12(9-18)6-4-11/h3-7,10,18H,2,8-9H2,1H3,(H,15,16,17). The lowest BCUT2D eigenvalue weighted by molar-refractivity contribution is 0.282. The fourth-order valence-electron chi connectivity index (χ4n) is 1.64. The van der Waals surface area contributed by atoms with Crippen LogP contribution >= 0.6 is 0 Å². The molecule has 0 spiro atoms. The van der Waals surface area contributed by atoms with Gasteiger partial charge in [0.15, 0.2) is 0 Å². The van der Waals surface area contributed by atoms with Gasteiger partial charge in [-0.3, -0.25) is 0 Å². The summed E-state index contributed by atoms with van der Waals surface area (Å²) < 4.78 is 0. The number of anilines is 1. The average molecular weight is 243 g/mol. The second-order valence-corrected chi connectivity index (χ2v) is 4.08.